The first-order valence-corrected chi connectivity index (χ1v) is 5.31. The number of halogens is 1. The number of hydrogen-bond acceptors (Lipinski definition) is 5. The Kier molecular flexibility index (Phi) is 2.93. The van der Waals surface area contributed by atoms with E-state index in [9.17, 15) is 0 Å². The number of nitrogens with one attached hydrogen (secondary N) is 1. The normalized spacial score (nSPS) is 21.7. The number of nitrogens with zero attached hydrogens (tertiary/aromatic N) is 3. The van der Waals surface area contributed by atoms with Gasteiger partial charge in [-0.25, -0.2) is 0 Å². The van der Waals surface area contributed by atoms with Gasteiger partial charge in [-0.1, -0.05) is 11.6 Å². The van der Waals surface area contributed by atoms with E-state index in [2.05, 4.69) is 27.3 Å². The van der Waals surface area contributed by atoms with E-state index in [0.29, 0.717) is 17.0 Å². The topological polar surface area (TPSA) is 67.1 Å². The quantitative estimate of drug-likeness (QED) is 0.732. The van der Waals surface area contributed by atoms with Crippen LogP contribution in [0.5, 0.6) is 0 Å². The minimum absolute atomic E-state index is 0.380. The van der Waals surface area contributed by atoms with Crippen LogP contribution >= 0.6 is 11.6 Å². The van der Waals surface area contributed by atoms with Crippen LogP contribution in [0.25, 0.3) is 0 Å². The molecule has 1 atom stereocenters. The molecule has 0 bridgehead atoms. The summed E-state index contributed by atoms with van der Waals surface area (Å²) in [6.45, 7) is 4.90. The van der Waals surface area contributed by atoms with Crippen molar-refractivity contribution in [3.8, 4) is 0 Å². The second-order valence-corrected chi connectivity index (χ2v) is 4.13. The third kappa shape index (κ3) is 2.30. The number of rotatable bonds is 1. The third-order valence-corrected chi connectivity index (χ3v) is 2.67. The van der Waals surface area contributed by atoms with Gasteiger partial charge < -0.3 is 16.0 Å². The van der Waals surface area contributed by atoms with Crippen molar-refractivity contribution in [2.24, 2.45) is 0 Å². The molecule has 1 aliphatic heterocycles. The fraction of sp³-hybridized carbons (Fsp3) is 0.556. The van der Waals surface area contributed by atoms with Crippen molar-refractivity contribution in [3.63, 3.8) is 0 Å². The number of nitrogens with two attached hydrogens (primary N) is 1. The summed E-state index contributed by atoms with van der Waals surface area (Å²) >= 11 is 5.80. The molecule has 1 aromatic rings. The number of aromatic nitrogens is 2. The van der Waals surface area contributed by atoms with Gasteiger partial charge in [0.2, 0.25) is 0 Å². The summed E-state index contributed by atoms with van der Waals surface area (Å²) < 4.78 is 0. The highest BCUT2D eigenvalue weighted by Gasteiger charge is 2.18. The van der Waals surface area contributed by atoms with Crippen LogP contribution in [0.3, 0.4) is 0 Å². The first kappa shape index (κ1) is 10.4. The Balaban J connectivity index is 2.24. The highest BCUT2D eigenvalue weighted by Crippen LogP contribution is 2.23. The van der Waals surface area contributed by atoms with Crippen molar-refractivity contribution in [1.82, 2.24) is 15.5 Å². The van der Waals surface area contributed by atoms with E-state index >= 15 is 0 Å². The molecule has 0 amide bonds. The van der Waals surface area contributed by atoms with E-state index in [1.807, 2.05) is 0 Å². The van der Waals surface area contributed by atoms with E-state index in [0.717, 1.165) is 25.3 Å². The summed E-state index contributed by atoms with van der Waals surface area (Å²) in [5, 5.41) is 11.3. The minimum atomic E-state index is 0.380. The predicted octanol–water partition coefficient (Wildman–Crippen LogP) is 0.510. The van der Waals surface area contributed by atoms with E-state index < -0.39 is 0 Å². The minimum Gasteiger partial charge on any atom is -0.380 e. The zero-order valence-electron chi connectivity index (χ0n) is 8.57. The van der Waals surface area contributed by atoms with Gasteiger partial charge in [0.05, 0.1) is 5.69 Å². The van der Waals surface area contributed by atoms with Crippen molar-refractivity contribution >= 4 is 23.1 Å². The molecule has 2 rings (SSSR count). The van der Waals surface area contributed by atoms with E-state index in [4.69, 9.17) is 17.3 Å². The molecule has 1 aliphatic rings. The summed E-state index contributed by atoms with van der Waals surface area (Å²) in [7, 11) is 0. The number of anilines is 2. The molecule has 82 valence electrons. The molecule has 0 spiro atoms. The monoisotopic (exact) mass is 227 g/mol. The lowest BCUT2D eigenvalue weighted by molar-refractivity contribution is 0.485. The maximum Gasteiger partial charge on any atom is 0.169 e. The van der Waals surface area contributed by atoms with Crippen LogP contribution in [0, 0.1) is 0 Å². The molecule has 1 aromatic heterocycles. The summed E-state index contributed by atoms with van der Waals surface area (Å²) in [5.41, 5.74) is 6.65. The zero-order chi connectivity index (χ0) is 10.8. The molecule has 0 saturated carbocycles. The van der Waals surface area contributed by atoms with Gasteiger partial charge >= 0.3 is 0 Å². The Labute approximate surface area is 93.6 Å². The van der Waals surface area contributed by atoms with Crippen molar-refractivity contribution < 1.29 is 0 Å². The van der Waals surface area contributed by atoms with E-state index in [1.54, 1.807) is 6.07 Å². The standard InChI is InChI=1S/C9H14ClN5/c1-6-5-15(3-2-12-6)7-4-8(10)13-14-9(7)11/h4,6,12H,2-3,5H2,1H3,(H2,11,14). The van der Waals surface area contributed by atoms with Crippen LogP contribution in [0.15, 0.2) is 6.07 Å². The molecule has 2 heterocycles. The number of piperazine rings is 1. The highest BCUT2D eigenvalue weighted by atomic mass is 35.5. The molecule has 0 aromatic carbocycles. The van der Waals surface area contributed by atoms with E-state index in [-0.39, 0.29) is 0 Å². The largest absolute Gasteiger partial charge is 0.380 e. The lowest BCUT2D eigenvalue weighted by atomic mass is 10.2. The van der Waals surface area contributed by atoms with Gasteiger partial charge in [-0.3, -0.25) is 0 Å². The SMILES string of the molecule is CC1CN(c2cc(Cl)nnc2N)CCN1. The summed E-state index contributed by atoms with van der Waals surface area (Å²) in [5.74, 6) is 0.438. The molecule has 1 unspecified atom stereocenters. The van der Waals surface area contributed by atoms with Crippen LogP contribution in [-0.4, -0.2) is 35.9 Å². The van der Waals surface area contributed by atoms with Crippen molar-refractivity contribution in [3.05, 3.63) is 11.2 Å². The molecule has 1 fully saturated rings. The first-order valence-electron chi connectivity index (χ1n) is 4.94. The number of nitrogen functional groups attached to an aromatic ring is 1. The van der Waals surface area contributed by atoms with Gasteiger partial charge in [0.25, 0.3) is 0 Å². The number of hydrogen-bond donors (Lipinski definition) is 2. The Bertz CT molecular complexity index is 356. The van der Waals surface area contributed by atoms with Gasteiger partial charge in [-0.05, 0) is 6.92 Å². The van der Waals surface area contributed by atoms with Crippen LogP contribution in [-0.2, 0) is 0 Å². The molecule has 1 saturated heterocycles. The Morgan fingerprint density at radius 1 is 1.60 bits per heavy atom. The van der Waals surface area contributed by atoms with Crippen molar-refractivity contribution in [2.45, 2.75) is 13.0 Å². The Morgan fingerprint density at radius 3 is 3.13 bits per heavy atom. The summed E-state index contributed by atoms with van der Waals surface area (Å²) in [4.78, 5) is 2.18. The van der Waals surface area contributed by atoms with Gasteiger partial charge in [0.15, 0.2) is 11.0 Å². The smallest absolute Gasteiger partial charge is 0.169 e. The van der Waals surface area contributed by atoms with Gasteiger partial charge in [-0.15, -0.1) is 10.2 Å². The first-order chi connectivity index (χ1) is 7.16. The predicted molar refractivity (Wildman–Crippen MR) is 61.1 cm³/mol. The van der Waals surface area contributed by atoms with Gasteiger partial charge in [0, 0.05) is 31.7 Å². The van der Waals surface area contributed by atoms with Gasteiger partial charge in [-0.2, -0.15) is 0 Å². The molecule has 0 aliphatic carbocycles. The molecule has 15 heavy (non-hydrogen) atoms. The summed E-state index contributed by atoms with van der Waals surface area (Å²) in [6.07, 6.45) is 0. The Morgan fingerprint density at radius 2 is 2.40 bits per heavy atom. The van der Waals surface area contributed by atoms with Gasteiger partial charge in [0.1, 0.15) is 0 Å². The van der Waals surface area contributed by atoms with Crippen molar-refractivity contribution in [1.29, 1.82) is 0 Å². The lowest BCUT2D eigenvalue weighted by Crippen LogP contribution is -2.49. The molecular weight excluding hydrogens is 214 g/mol. The zero-order valence-corrected chi connectivity index (χ0v) is 9.33. The molecule has 0 radical (unpaired) electrons. The van der Waals surface area contributed by atoms with E-state index in [1.165, 1.54) is 0 Å². The molecule has 6 heteroatoms. The maximum absolute atomic E-state index is 5.80. The highest BCUT2D eigenvalue weighted by molar-refractivity contribution is 6.29. The molecule has 5 nitrogen and oxygen atoms in total. The van der Waals surface area contributed by atoms with Crippen LogP contribution in [0.2, 0.25) is 5.15 Å². The third-order valence-electron chi connectivity index (χ3n) is 2.48. The lowest BCUT2D eigenvalue weighted by Gasteiger charge is -2.33. The second-order valence-electron chi connectivity index (χ2n) is 3.74. The maximum atomic E-state index is 5.80. The summed E-state index contributed by atoms with van der Waals surface area (Å²) in [6, 6.07) is 2.21. The van der Waals surface area contributed by atoms with Crippen LogP contribution in [0.4, 0.5) is 11.5 Å². The average molecular weight is 228 g/mol. The fourth-order valence-corrected chi connectivity index (χ4v) is 1.91. The van der Waals surface area contributed by atoms with Crippen LogP contribution in [0.1, 0.15) is 6.92 Å². The molecular formula is C9H14ClN5. The van der Waals surface area contributed by atoms with Crippen molar-refractivity contribution in [2.75, 3.05) is 30.3 Å². The average Bonchev–Trinajstić information content (AvgIpc) is 2.22. The fourth-order valence-electron chi connectivity index (χ4n) is 1.77. The Hall–Kier alpha value is -1.07. The van der Waals surface area contributed by atoms with Crippen LogP contribution < -0.4 is 16.0 Å². The second kappa shape index (κ2) is 4.20. The molecule has 3 N–H and O–H groups in total.